The minimum Gasteiger partial charge on any atom is -0.337 e. The summed E-state index contributed by atoms with van der Waals surface area (Å²) in [5, 5.41) is 3.35. The Hall–Kier alpha value is -4.34. The summed E-state index contributed by atoms with van der Waals surface area (Å²) in [5.41, 5.74) is 8.56. The smallest absolute Gasteiger partial charge is 0.157 e. The van der Waals surface area contributed by atoms with Crippen LogP contribution in [0.15, 0.2) is 72.2 Å². The number of benzene rings is 1. The fraction of sp³-hybridized carbons (Fsp3) is 0.233. The molecule has 9 heteroatoms. The Balaban J connectivity index is 1.28. The summed E-state index contributed by atoms with van der Waals surface area (Å²) in [6, 6.07) is 12.6. The van der Waals surface area contributed by atoms with E-state index in [1.165, 1.54) is 30.5 Å². The van der Waals surface area contributed by atoms with E-state index in [1.54, 1.807) is 12.3 Å². The van der Waals surface area contributed by atoms with E-state index in [4.69, 9.17) is 15.0 Å². The van der Waals surface area contributed by atoms with Crippen molar-refractivity contribution in [2.75, 3.05) is 19.8 Å². The van der Waals surface area contributed by atoms with Crippen LogP contribution < -0.4 is 5.32 Å². The fourth-order valence-electron chi connectivity index (χ4n) is 5.42. The molecule has 1 aromatic carbocycles. The highest BCUT2D eigenvalue weighted by molar-refractivity contribution is 6.13. The molecule has 39 heavy (non-hydrogen) atoms. The minimum absolute atomic E-state index is 0.311. The third kappa shape index (κ3) is 4.71. The Kier molecular flexibility index (Phi) is 6.14. The van der Waals surface area contributed by atoms with Crippen molar-refractivity contribution in [3.63, 3.8) is 0 Å². The number of H-pyrrole nitrogens is 1. The van der Waals surface area contributed by atoms with Crippen molar-refractivity contribution in [3.05, 3.63) is 95.6 Å². The number of nitrogens with zero attached hydrogens (tertiary/aromatic N) is 6. The lowest BCUT2D eigenvalue weighted by Gasteiger charge is -2.15. The number of imidazole rings is 1. The molecule has 1 fully saturated rings. The van der Waals surface area contributed by atoms with Crippen LogP contribution in [0.4, 0.5) is 4.39 Å². The van der Waals surface area contributed by atoms with Crippen LogP contribution in [0.3, 0.4) is 0 Å². The average molecular weight is 519 g/mol. The molecule has 4 aromatic heterocycles. The number of halogens is 1. The SMILES string of the molecule is Fc1cccc(-c2nccc3[nH]c(C4=NCNCc5cnc(-c6cncc(CN7CCCC7)c6)cc54)nc23)c1. The van der Waals surface area contributed by atoms with Gasteiger partial charge in [0.2, 0.25) is 0 Å². The molecule has 7 rings (SSSR count). The van der Waals surface area contributed by atoms with E-state index >= 15 is 0 Å². The Labute approximate surface area is 225 Å². The molecule has 0 radical (unpaired) electrons. The second kappa shape index (κ2) is 10.1. The van der Waals surface area contributed by atoms with Crippen LogP contribution in [-0.2, 0) is 13.1 Å². The average Bonchev–Trinajstić information content (AvgIpc) is 3.58. The van der Waals surface area contributed by atoms with Crippen molar-refractivity contribution in [2.45, 2.75) is 25.9 Å². The molecule has 0 spiro atoms. The van der Waals surface area contributed by atoms with Crippen molar-refractivity contribution in [1.82, 2.24) is 35.1 Å². The molecular formula is C30H27FN8. The lowest BCUT2D eigenvalue weighted by Crippen LogP contribution is -2.18. The van der Waals surface area contributed by atoms with Gasteiger partial charge in [0, 0.05) is 54.6 Å². The van der Waals surface area contributed by atoms with Gasteiger partial charge < -0.3 is 4.98 Å². The predicted molar refractivity (Wildman–Crippen MR) is 149 cm³/mol. The van der Waals surface area contributed by atoms with E-state index in [2.05, 4.69) is 37.3 Å². The van der Waals surface area contributed by atoms with Gasteiger partial charge in [0.1, 0.15) is 17.0 Å². The normalized spacial score (nSPS) is 15.8. The standard InChI is InChI=1S/C30H27FN8/c31-23-5-3-4-20(11-23)27-29-25(6-7-34-27)37-30(38-29)28-24-12-26(35-16-22(24)15-33-18-36-28)21-10-19(13-32-14-21)17-39-8-1-2-9-39/h3-7,10-14,16,33H,1-2,8-9,15,17-18H2,(H,37,38). The lowest BCUT2D eigenvalue weighted by atomic mass is 10.0. The molecule has 0 unspecified atom stereocenters. The third-order valence-corrected chi connectivity index (χ3v) is 7.32. The molecule has 0 bridgehead atoms. The minimum atomic E-state index is -0.311. The van der Waals surface area contributed by atoms with E-state index in [1.807, 2.05) is 30.7 Å². The first-order valence-corrected chi connectivity index (χ1v) is 13.2. The van der Waals surface area contributed by atoms with Crippen molar-refractivity contribution in [1.29, 1.82) is 0 Å². The first kappa shape index (κ1) is 23.8. The Morgan fingerprint density at radius 1 is 0.949 bits per heavy atom. The molecule has 194 valence electrons. The third-order valence-electron chi connectivity index (χ3n) is 7.32. The second-order valence-electron chi connectivity index (χ2n) is 10.0. The maximum absolute atomic E-state index is 14.0. The first-order chi connectivity index (χ1) is 19.2. The molecule has 6 heterocycles. The molecule has 2 N–H and O–H groups in total. The summed E-state index contributed by atoms with van der Waals surface area (Å²) >= 11 is 0. The number of nitrogens with one attached hydrogen (secondary N) is 2. The molecule has 2 aliphatic rings. The summed E-state index contributed by atoms with van der Waals surface area (Å²) in [5.74, 6) is 0.327. The van der Waals surface area contributed by atoms with Gasteiger partial charge in [-0.05, 0) is 67.4 Å². The highest BCUT2D eigenvalue weighted by Gasteiger charge is 2.21. The molecule has 1 saturated heterocycles. The van der Waals surface area contributed by atoms with Gasteiger partial charge in [-0.1, -0.05) is 12.1 Å². The van der Waals surface area contributed by atoms with Gasteiger partial charge in [0.15, 0.2) is 5.82 Å². The van der Waals surface area contributed by atoms with Crippen LogP contribution in [-0.4, -0.2) is 55.3 Å². The van der Waals surface area contributed by atoms with E-state index in [9.17, 15) is 4.39 Å². The van der Waals surface area contributed by atoms with Crippen LogP contribution >= 0.6 is 0 Å². The number of likely N-dealkylation sites (tertiary alicyclic amines) is 1. The summed E-state index contributed by atoms with van der Waals surface area (Å²) < 4.78 is 14.0. The van der Waals surface area contributed by atoms with Gasteiger partial charge in [0.25, 0.3) is 0 Å². The summed E-state index contributed by atoms with van der Waals surface area (Å²) in [6.45, 7) is 4.30. The van der Waals surface area contributed by atoms with Crippen molar-refractivity contribution >= 4 is 16.7 Å². The van der Waals surface area contributed by atoms with Gasteiger partial charge in [-0.25, -0.2) is 9.37 Å². The van der Waals surface area contributed by atoms with E-state index < -0.39 is 0 Å². The summed E-state index contributed by atoms with van der Waals surface area (Å²) in [4.78, 5) is 29.5. The van der Waals surface area contributed by atoms with Crippen LogP contribution in [0.2, 0.25) is 0 Å². The zero-order valence-corrected chi connectivity index (χ0v) is 21.4. The number of rotatable bonds is 5. The number of aromatic nitrogens is 5. The summed E-state index contributed by atoms with van der Waals surface area (Å²) in [7, 11) is 0. The highest BCUT2D eigenvalue weighted by Crippen LogP contribution is 2.28. The molecular weight excluding hydrogens is 491 g/mol. The van der Waals surface area contributed by atoms with Crippen LogP contribution in [0, 0.1) is 5.82 Å². The second-order valence-corrected chi connectivity index (χ2v) is 10.0. The van der Waals surface area contributed by atoms with E-state index in [0.717, 1.165) is 53.2 Å². The van der Waals surface area contributed by atoms with Crippen molar-refractivity contribution in [2.24, 2.45) is 4.99 Å². The van der Waals surface area contributed by atoms with Crippen molar-refractivity contribution < 1.29 is 4.39 Å². The highest BCUT2D eigenvalue weighted by atomic mass is 19.1. The number of hydrogen-bond donors (Lipinski definition) is 2. The van der Waals surface area contributed by atoms with Crippen molar-refractivity contribution in [3.8, 4) is 22.5 Å². The Morgan fingerprint density at radius 2 is 1.87 bits per heavy atom. The molecule has 0 aliphatic carbocycles. The molecule has 2 aliphatic heterocycles. The number of hydrogen-bond acceptors (Lipinski definition) is 7. The lowest BCUT2D eigenvalue weighted by molar-refractivity contribution is 0.331. The zero-order valence-electron chi connectivity index (χ0n) is 21.4. The van der Waals surface area contributed by atoms with E-state index in [-0.39, 0.29) is 5.82 Å². The van der Waals surface area contributed by atoms with Gasteiger partial charge in [-0.3, -0.25) is 30.2 Å². The predicted octanol–water partition coefficient (Wildman–Crippen LogP) is 4.71. The molecule has 8 nitrogen and oxygen atoms in total. The number of aliphatic imine (C=N–C) groups is 1. The maximum atomic E-state index is 14.0. The number of aromatic amines is 1. The topological polar surface area (TPSA) is 95.0 Å². The summed E-state index contributed by atoms with van der Waals surface area (Å²) in [6.07, 6.45) is 9.95. The Morgan fingerprint density at radius 3 is 2.77 bits per heavy atom. The van der Waals surface area contributed by atoms with Crippen LogP contribution in [0.5, 0.6) is 0 Å². The van der Waals surface area contributed by atoms with Gasteiger partial charge in [-0.15, -0.1) is 0 Å². The van der Waals surface area contributed by atoms with E-state index in [0.29, 0.717) is 35.8 Å². The molecule has 0 saturated carbocycles. The molecule has 0 atom stereocenters. The van der Waals surface area contributed by atoms with Gasteiger partial charge in [0.05, 0.1) is 23.6 Å². The Bertz CT molecular complexity index is 1700. The number of fused-ring (bicyclic) bond motifs is 2. The molecule has 5 aromatic rings. The monoisotopic (exact) mass is 518 g/mol. The molecule has 0 amide bonds. The fourth-order valence-corrected chi connectivity index (χ4v) is 5.42. The first-order valence-electron chi connectivity index (χ1n) is 13.2. The van der Waals surface area contributed by atoms with Crippen LogP contribution in [0.1, 0.15) is 35.4 Å². The maximum Gasteiger partial charge on any atom is 0.157 e. The number of pyridine rings is 3. The van der Waals surface area contributed by atoms with Gasteiger partial charge >= 0.3 is 0 Å². The zero-order chi connectivity index (χ0) is 26.2. The quantitative estimate of drug-likeness (QED) is 0.350. The van der Waals surface area contributed by atoms with Gasteiger partial charge in [-0.2, -0.15) is 0 Å². The largest absolute Gasteiger partial charge is 0.337 e. The van der Waals surface area contributed by atoms with Crippen LogP contribution in [0.25, 0.3) is 33.5 Å².